The van der Waals surface area contributed by atoms with Gasteiger partial charge >= 0.3 is 0 Å². The van der Waals surface area contributed by atoms with E-state index >= 15 is 0 Å². The van der Waals surface area contributed by atoms with Crippen LogP contribution in [-0.2, 0) is 6.42 Å². The number of carbonyl (C=O) groups is 1. The van der Waals surface area contributed by atoms with Crippen LogP contribution in [0.2, 0.25) is 0 Å². The number of aromatic nitrogens is 1. The summed E-state index contributed by atoms with van der Waals surface area (Å²) in [6.07, 6.45) is 8.60. The fraction of sp³-hybridized carbons (Fsp3) is 0.350. The Bertz CT molecular complexity index is 725. The van der Waals surface area contributed by atoms with Gasteiger partial charge in [0.05, 0.1) is 17.8 Å². The third-order valence-electron chi connectivity index (χ3n) is 4.33. The predicted molar refractivity (Wildman–Crippen MR) is 96.1 cm³/mol. The molecule has 0 fully saturated rings. The fourth-order valence-corrected chi connectivity index (χ4v) is 2.98. The van der Waals surface area contributed by atoms with E-state index < -0.39 is 0 Å². The molecule has 0 radical (unpaired) electrons. The number of carbonyl (C=O) groups excluding carboxylic acids is 1. The summed E-state index contributed by atoms with van der Waals surface area (Å²) in [5, 5.41) is 6.13. The van der Waals surface area contributed by atoms with Gasteiger partial charge in [0.1, 0.15) is 0 Å². The van der Waals surface area contributed by atoms with Crippen molar-refractivity contribution >= 4 is 11.6 Å². The van der Waals surface area contributed by atoms with Gasteiger partial charge in [-0.3, -0.25) is 9.78 Å². The van der Waals surface area contributed by atoms with Crippen molar-refractivity contribution in [2.45, 2.75) is 39.0 Å². The van der Waals surface area contributed by atoms with E-state index in [9.17, 15) is 4.79 Å². The number of hydrazone groups is 1. The van der Waals surface area contributed by atoms with E-state index in [1.807, 2.05) is 36.4 Å². The van der Waals surface area contributed by atoms with E-state index in [1.165, 1.54) is 12.8 Å². The van der Waals surface area contributed by atoms with E-state index in [2.05, 4.69) is 17.0 Å². The van der Waals surface area contributed by atoms with E-state index in [4.69, 9.17) is 0 Å². The van der Waals surface area contributed by atoms with E-state index in [-0.39, 0.29) is 5.91 Å². The highest BCUT2D eigenvalue weighted by atomic mass is 16.2. The lowest BCUT2D eigenvalue weighted by atomic mass is 10.0. The number of nitrogens with zero attached hydrogens (tertiary/aromatic N) is 3. The van der Waals surface area contributed by atoms with E-state index in [0.29, 0.717) is 12.1 Å². The highest BCUT2D eigenvalue weighted by Crippen LogP contribution is 2.19. The molecule has 0 saturated carbocycles. The molecule has 2 heterocycles. The quantitative estimate of drug-likeness (QED) is 0.753. The molecular formula is C20H23N3O. The minimum Gasteiger partial charge on any atom is -0.267 e. The van der Waals surface area contributed by atoms with Gasteiger partial charge in [-0.05, 0) is 30.0 Å². The molecule has 124 valence electrons. The second-order valence-corrected chi connectivity index (χ2v) is 6.08. The first-order valence-corrected chi connectivity index (χ1v) is 8.67. The number of amides is 1. The summed E-state index contributed by atoms with van der Waals surface area (Å²) in [5.74, 6) is -0.0412. The number of unbranched alkanes of at least 4 members (excludes halogenated alkanes) is 2. The molecule has 1 amide bonds. The van der Waals surface area contributed by atoms with E-state index in [0.717, 1.165) is 36.1 Å². The van der Waals surface area contributed by atoms with Crippen LogP contribution in [0.1, 0.15) is 54.1 Å². The first kappa shape index (κ1) is 16.4. The minimum atomic E-state index is -0.0412. The second kappa shape index (κ2) is 7.86. The number of hydrogen-bond donors (Lipinski definition) is 0. The Labute approximate surface area is 143 Å². The number of pyridine rings is 1. The van der Waals surface area contributed by atoms with Crippen molar-refractivity contribution in [3.8, 4) is 0 Å². The highest BCUT2D eigenvalue weighted by molar-refractivity contribution is 6.04. The maximum Gasteiger partial charge on any atom is 0.275 e. The summed E-state index contributed by atoms with van der Waals surface area (Å²) in [5.41, 5.74) is 3.82. The summed E-state index contributed by atoms with van der Waals surface area (Å²) in [4.78, 5) is 17.0. The van der Waals surface area contributed by atoms with Gasteiger partial charge in [-0.25, -0.2) is 5.01 Å². The van der Waals surface area contributed by atoms with Crippen LogP contribution in [0.25, 0.3) is 0 Å². The lowest BCUT2D eigenvalue weighted by molar-refractivity contribution is 0.0776. The fourth-order valence-electron chi connectivity index (χ4n) is 2.98. The lowest BCUT2D eigenvalue weighted by Gasteiger charge is -2.14. The Morgan fingerprint density at radius 1 is 1.17 bits per heavy atom. The molecule has 0 atom stereocenters. The van der Waals surface area contributed by atoms with Crippen LogP contribution in [0, 0.1) is 0 Å². The molecule has 0 saturated heterocycles. The molecule has 1 aromatic carbocycles. The minimum absolute atomic E-state index is 0.0412. The van der Waals surface area contributed by atoms with Gasteiger partial charge in [0.25, 0.3) is 5.91 Å². The third-order valence-corrected chi connectivity index (χ3v) is 4.33. The third kappa shape index (κ3) is 3.70. The summed E-state index contributed by atoms with van der Waals surface area (Å²) in [7, 11) is 0. The van der Waals surface area contributed by atoms with Crippen molar-refractivity contribution in [1.29, 1.82) is 0 Å². The standard InChI is InChI=1S/C20H23N3O/c1-2-3-5-8-16-11-13-21-15-18(16)20(24)23-14-12-19(22-23)17-9-6-4-7-10-17/h4,6-7,9-11,13,15H,2-3,5,8,12,14H2,1H3. The van der Waals surface area contributed by atoms with Crippen molar-refractivity contribution in [1.82, 2.24) is 9.99 Å². The molecule has 1 aliphatic heterocycles. The molecule has 0 bridgehead atoms. The maximum absolute atomic E-state index is 12.9. The number of benzene rings is 1. The zero-order valence-corrected chi connectivity index (χ0v) is 14.1. The number of rotatable bonds is 6. The summed E-state index contributed by atoms with van der Waals surface area (Å²) in [6, 6.07) is 12.0. The molecule has 24 heavy (non-hydrogen) atoms. The second-order valence-electron chi connectivity index (χ2n) is 6.08. The van der Waals surface area contributed by atoms with Crippen LogP contribution in [0.4, 0.5) is 0 Å². The molecular weight excluding hydrogens is 298 g/mol. The normalized spacial score (nSPS) is 13.9. The van der Waals surface area contributed by atoms with Gasteiger partial charge in [-0.2, -0.15) is 5.10 Å². The van der Waals surface area contributed by atoms with Crippen LogP contribution in [0.3, 0.4) is 0 Å². The summed E-state index contributed by atoms with van der Waals surface area (Å²) in [6.45, 7) is 2.81. The average molecular weight is 321 g/mol. The molecule has 0 unspecified atom stereocenters. The largest absolute Gasteiger partial charge is 0.275 e. The number of hydrogen-bond acceptors (Lipinski definition) is 3. The predicted octanol–water partition coefficient (Wildman–Crippen LogP) is 4.06. The van der Waals surface area contributed by atoms with Gasteiger partial charge < -0.3 is 0 Å². The Kier molecular flexibility index (Phi) is 5.36. The van der Waals surface area contributed by atoms with Gasteiger partial charge in [0, 0.05) is 18.8 Å². The Morgan fingerprint density at radius 2 is 2.00 bits per heavy atom. The Balaban J connectivity index is 1.77. The molecule has 4 heteroatoms. The molecule has 2 aromatic rings. The zero-order valence-electron chi connectivity index (χ0n) is 14.1. The summed E-state index contributed by atoms with van der Waals surface area (Å²) < 4.78 is 0. The van der Waals surface area contributed by atoms with Gasteiger partial charge in [0.15, 0.2) is 0 Å². The highest BCUT2D eigenvalue weighted by Gasteiger charge is 2.24. The first-order valence-electron chi connectivity index (χ1n) is 8.67. The van der Waals surface area contributed by atoms with Crippen molar-refractivity contribution < 1.29 is 4.79 Å². The maximum atomic E-state index is 12.9. The van der Waals surface area contributed by atoms with Crippen LogP contribution in [-0.4, -0.2) is 28.2 Å². The van der Waals surface area contributed by atoms with Gasteiger partial charge in [-0.1, -0.05) is 50.1 Å². The van der Waals surface area contributed by atoms with Crippen LogP contribution < -0.4 is 0 Å². The summed E-state index contributed by atoms with van der Waals surface area (Å²) >= 11 is 0. The molecule has 1 aliphatic rings. The van der Waals surface area contributed by atoms with Crippen LogP contribution in [0.15, 0.2) is 53.9 Å². The lowest BCUT2D eigenvalue weighted by Crippen LogP contribution is -2.24. The van der Waals surface area contributed by atoms with Crippen molar-refractivity contribution in [3.63, 3.8) is 0 Å². The average Bonchev–Trinajstić information content (AvgIpc) is 3.13. The van der Waals surface area contributed by atoms with Crippen molar-refractivity contribution in [2.75, 3.05) is 6.54 Å². The van der Waals surface area contributed by atoms with Crippen LogP contribution >= 0.6 is 0 Å². The molecule has 0 N–H and O–H groups in total. The SMILES string of the molecule is CCCCCc1ccncc1C(=O)N1CCC(c2ccccc2)=N1. The molecule has 0 spiro atoms. The van der Waals surface area contributed by atoms with Crippen molar-refractivity contribution in [2.24, 2.45) is 5.10 Å². The molecule has 1 aromatic heterocycles. The number of aryl methyl sites for hydroxylation is 1. The molecule has 3 rings (SSSR count). The topological polar surface area (TPSA) is 45.6 Å². The van der Waals surface area contributed by atoms with Crippen LogP contribution in [0.5, 0.6) is 0 Å². The monoisotopic (exact) mass is 321 g/mol. The first-order chi connectivity index (χ1) is 11.8. The van der Waals surface area contributed by atoms with E-state index in [1.54, 1.807) is 17.4 Å². The smallest absolute Gasteiger partial charge is 0.267 e. The Morgan fingerprint density at radius 3 is 2.79 bits per heavy atom. The molecule has 4 nitrogen and oxygen atoms in total. The molecule has 0 aliphatic carbocycles. The Hall–Kier alpha value is -2.49. The zero-order chi connectivity index (χ0) is 16.8. The van der Waals surface area contributed by atoms with Gasteiger partial charge in [0.2, 0.25) is 0 Å². The van der Waals surface area contributed by atoms with Crippen molar-refractivity contribution in [3.05, 3.63) is 65.5 Å². The van der Waals surface area contributed by atoms with Gasteiger partial charge in [-0.15, -0.1) is 0 Å².